The van der Waals surface area contributed by atoms with Gasteiger partial charge in [0.15, 0.2) is 0 Å². The second-order valence-electron chi connectivity index (χ2n) is 3.82. The van der Waals surface area contributed by atoms with Crippen molar-refractivity contribution < 1.29 is 0 Å². The molecule has 1 aromatic carbocycles. The lowest BCUT2D eigenvalue weighted by molar-refractivity contribution is 0.922. The number of hydrogen-bond donors (Lipinski definition) is 0. The SMILES string of the molecule is Cc1cc(Cl)cc(C2CC2CCl)c1. The highest BCUT2D eigenvalue weighted by Gasteiger charge is 2.37. The molecule has 0 radical (unpaired) electrons. The van der Waals surface area contributed by atoms with Crippen LogP contribution in [0.2, 0.25) is 5.02 Å². The van der Waals surface area contributed by atoms with Crippen LogP contribution in [0.25, 0.3) is 0 Å². The van der Waals surface area contributed by atoms with Gasteiger partial charge in [0.1, 0.15) is 0 Å². The fourth-order valence-electron chi connectivity index (χ4n) is 1.81. The first-order valence-electron chi connectivity index (χ1n) is 4.54. The first-order valence-corrected chi connectivity index (χ1v) is 5.45. The number of rotatable bonds is 2. The molecule has 1 aliphatic carbocycles. The number of alkyl halides is 1. The molecule has 2 rings (SSSR count). The molecule has 0 aromatic heterocycles. The molecule has 2 heteroatoms. The highest BCUT2D eigenvalue weighted by Crippen LogP contribution is 2.48. The van der Waals surface area contributed by atoms with E-state index in [9.17, 15) is 0 Å². The van der Waals surface area contributed by atoms with E-state index in [0.29, 0.717) is 11.8 Å². The Bertz CT molecular complexity index is 300. The predicted molar refractivity (Wildman–Crippen MR) is 57.8 cm³/mol. The lowest BCUT2D eigenvalue weighted by Gasteiger charge is -2.02. The first-order chi connectivity index (χ1) is 6.20. The van der Waals surface area contributed by atoms with Crippen molar-refractivity contribution in [2.45, 2.75) is 19.3 Å². The molecule has 0 heterocycles. The van der Waals surface area contributed by atoms with Gasteiger partial charge in [-0.2, -0.15) is 0 Å². The summed E-state index contributed by atoms with van der Waals surface area (Å²) in [5.74, 6) is 2.12. The summed E-state index contributed by atoms with van der Waals surface area (Å²) in [6.45, 7) is 2.08. The van der Waals surface area contributed by atoms with Crippen molar-refractivity contribution in [3.63, 3.8) is 0 Å². The molecular weight excluding hydrogens is 203 g/mol. The van der Waals surface area contributed by atoms with Crippen molar-refractivity contribution >= 4 is 23.2 Å². The van der Waals surface area contributed by atoms with Gasteiger partial charge in [-0.1, -0.05) is 17.7 Å². The molecule has 70 valence electrons. The zero-order chi connectivity index (χ0) is 9.42. The maximum absolute atomic E-state index is 5.98. The highest BCUT2D eigenvalue weighted by atomic mass is 35.5. The lowest BCUT2D eigenvalue weighted by Crippen LogP contribution is -1.86. The van der Waals surface area contributed by atoms with E-state index in [1.807, 2.05) is 6.07 Å². The maximum Gasteiger partial charge on any atom is 0.0411 e. The van der Waals surface area contributed by atoms with Crippen molar-refractivity contribution in [3.8, 4) is 0 Å². The summed E-state index contributed by atoms with van der Waals surface area (Å²) in [4.78, 5) is 0. The fraction of sp³-hybridized carbons (Fsp3) is 0.455. The normalized spacial score (nSPS) is 26.1. The zero-order valence-electron chi connectivity index (χ0n) is 7.56. The second-order valence-corrected chi connectivity index (χ2v) is 4.56. The Kier molecular flexibility index (Phi) is 2.53. The molecule has 1 aromatic rings. The van der Waals surface area contributed by atoms with E-state index in [0.717, 1.165) is 10.9 Å². The minimum absolute atomic E-state index is 0.662. The Labute approximate surface area is 88.9 Å². The van der Waals surface area contributed by atoms with Gasteiger partial charge in [0.25, 0.3) is 0 Å². The summed E-state index contributed by atoms with van der Waals surface area (Å²) in [5.41, 5.74) is 2.60. The van der Waals surface area contributed by atoms with E-state index < -0.39 is 0 Å². The number of aryl methyl sites for hydroxylation is 1. The molecule has 0 nitrogen and oxygen atoms in total. The van der Waals surface area contributed by atoms with Gasteiger partial charge in [-0.3, -0.25) is 0 Å². The molecule has 0 spiro atoms. The number of halogens is 2. The van der Waals surface area contributed by atoms with Gasteiger partial charge in [0, 0.05) is 10.9 Å². The molecule has 0 aliphatic heterocycles. The average Bonchev–Trinajstić information content (AvgIpc) is 2.80. The van der Waals surface area contributed by atoms with E-state index >= 15 is 0 Å². The van der Waals surface area contributed by atoms with Crippen LogP contribution in [-0.4, -0.2) is 5.88 Å². The van der Waals surface area contributed by atoms with Crippen LogP contribution in [0.15, 0.2) is 18.2 Å². The van der Waals surface area contributed by atoms with Crippen LogP contribution in [0, 0.1) is 12.8 Å². The van der Waals surface area contributed by atoms with Crippen molar-refractivity contribution in [2.24, 2.45) is 5.92 Å². The van der Waals surface area contributed by atoms with Gasteiger partial charge >= 0.3 is 0 Å². The molecule has 0 amide bonds. The molecule has 1 aliphatic rings. The Hall–Kier alpha value is -0.200. The minimum Gasteiger partial charge on any atom is -0.126 e. The van der Waals surface area contributed by atoms with Crippen LogP contribution in [0.4, 0.5) is 0 Å². The second kappa shape index (κ2) is 3.51. The summed E-state index contributed by atoms with van der Waals surface area (Å²) >= 11 is 11.8. The van der Waals surface area contributed by atoms with Gasteiger partial charge in [0.2, 0.25) is 0 Å². The van der Waals surface area contributed by atoms with Gasteiger partial charge in [-0.25, -0.2) is 0 Å². The molecule has 0 N–H and O–H groups in total. The molecule has 0 saturated heterocycles. The van der Waals surface area contributed by atoms with E-state index in [-0.39, 0.29) is 0 Å². The topological polar surface area (TPSA) is 0 Å². The summed E-state index contributed by atoms with van der Waals surface area (Å²) in [7, 11) is 0. The third kappa shape index (κ3) is 2.00. The Morgan fingerprint density at radius 3 is 2.69 bits per heavy atom. The maximum atomic E-state index is 5.98. The standard InChI is InChI=1S/C11H12Cl2/c1-7-2-8(4-10(13)3-7)11-5-9(11)6-12/h2-4,9,11H,5-6H2,1H3. The van der Waals surface area contributed by atoms with Crippen LogP contribution in [0.3, 0.4) is 0 Å². The van der Waals surface area contributed by atoms with Gasteiger partial charge in [-0.15, -0.1) is 11.6 Å². The third-order valence-electron chi connectivity index (χ3n) is 2.61. The third-order valence-corrected chi connectivity index (χ3v) is 3.23. The van der Waals surface area contributed by atoms with E-state index in [1.54, 1.807) is 0 Å². The number of benzene rings is 1. The molecule has 2 unspecified atom stereocenters. The largest absolute Gasteiger partial charge is 0.126 e. The van der Waals surface area contributed by atoms with Crippen LogP contribution in [0.5, 0.6) is 0 Å². The van der Waals surface area contributed by atoms with Gasteiger partial charge < -0.3 is 0 Å². The quantitative estimate of drug-likeness (QED) is 0.654. The smallest absolute Gasteiger partial charge is 0.0411 e. The molecular formula is C11H12Cl2. The van der Waals surface area contributed by atoms with Crippen LogP contribution in [0.1, 0.15) is 23.5 Å². The molecule has 0 bridgehead atoms. The number of hydrogen-bond acceptors (Lipinski definition) is 0. The Morgan fingerprint density at radius 1 is 1.38 bits per heavy atom. The molecule has 13 heavy (non-hydrogen) atoms. The zero-order valence-corrected chi connectivity index (χ0v) is 9.07. The van der Waals surface area contributed by atoms with Crippen LogP contribution >= 0.6 is 23.2 Å². The lowest BCUT2D eigenvalue weighted by atomic mass is 10.1. The first kappa shape index (κ1) is 9.36. The van der Waals surface area contributed by atoms with Crippen molar-refractivity contribution in [1.29, 1.82) is 0 Å². The Morgan fingerprint density at radius 2 is 2.15 bits per heavy atom. The average molecular weight is 215 g/mol. The monoisotopic (exact) mass is 214 g/mol. The van der Waals surface area contributed by atoms with E-state index in [1.165, 1.54) is 17.5 Å². The molecule has 1 fully saturated rings. The van der Waals surface area contributed by atoms with E-state index in [2.05, 4.69) is 19.1 Å². The molecule has 1 saturated carbocycles. The van der Waals surface area contributed by atoms with Crippen molar-refractivity contribution in [3.05, 3.63) is 34.3 Å². The van der Waals surface area contributed by atoms with Crippen LogP contribution in [-0.2, 0) is 0 Å². The van der Waals surface area contributed by atoms with Crippen LogP contribution < -0.4 is 0 Å². The van der Waals surface area contributed by atoms with Crippen molar-refractivity contribution in [1.82, 2.24) is 0 Å². The fourth-order valence-corrected chi connectivity index (χ4v) is 2.44. The predicted octanol–water partition coefficient (Wildman–Crippen LogP) is 3.99. The van der Waals surface area contributed by atoms with Crippen molar-refractivity contribution in [2.75, 3.05) is 5.88 Å². The highest BCUT2D eigenvalue weighted by molar-refractivity contribution is 6.30. The van der Waals surface area contributed by atoms with Gasteiger partial charge in [0.05, 0.1) is 0 Å². The Balaban J connectivity index is 2.22. The summed E-state index contributed by atoms with van der Waals surface area (Å²) in [6.07, 6.45) is 1.23. The summed E-state index contributed by atoms with van der Waals surface area (Å²) in [6, 6.07) is 6.26. The van der Waals surface area contributed by atoms with Gasteiger partial charge in [-0.05, 0) is 48.4 Å². The molecule has 2 atom stereocenters. The summed E-state index contributed by atoms with van der Waals surface area (Å²) < 4.78 is 0. The minimum atomic E-state index is 0.662. The van der Waals surface area contributed by atoms with E-state index in [4.69, 9.17) is 23.2 Å². The summed E-state index contributed by atoms with van der Waals surface area (Å²) in [5, 5.41) is 0.843.